The van der Waals surface area contributed by atoms with E-state index in [4.69, 9.17) is 10.3 Å². The summed E-state index contributed by atoms with van der Waals surface area (Å²) in [6, 6.07) is -0.361. The number of amides is 1. The third kappa shape index (κ3) is 4.02. The second-order valence-electron chi connectivity index (χ2n) is 5.18. The molecule has 0 aromatic carbocycles. The van der Waals surface area contributed by atoms with E-state index in [-0.39, 0.29) is 6.04 Å². The first-order chi connectivity index (χ1) is 9.88. The maximum Gasteiger partial charge on any atom is 0.411 e. The van der Waals surface area contributed by atoms with Crippen molar-refractivity contribution in [2.45, 2.75) is 50.9 Å². The predicted octanol–water partition coefficient (Wildman–Crippen LogP) is 3.38. The number of ether oxygens (including phenoxy) is 1. The maximum absolute atomic E-state index is 12.1. The smallest absolute Gasteiger partial charge is 0.411 e. The zero-order chi connectivity index (χ0) is 16.0. The van der Waals surface area contributed by atoms with Gasteiger partial charge in [-0.05, 0) is 54.3 Å². The first-order valence-corrected chi connectivity index (χ1v) is 7.99. The number of azide groups is 1. The first kappa shape index (κ1) is 18.1. The van der Waals surface area contributed by atoms with Crippen LogP contribution in [0.5, 0.6) is 0 Å². The summed E-state index contributed by atoms with van der Waals surface area (Å²) in [5, 5.41) is 13.7. The lowest BCUT2D eigenvalue weighted by Crippen LogP contribution is -2.51. The second kappa shape index (κ2) is 7.86. The van der Waals surface area contributed by atoms with Crippen molar-refractivity contribution in [2.75, 3.05) is 13.1 Å². The molecule has 0 aromatic heterocycles. The molecule has 0 unspecified atom stereocenters. The molecule has 0 saturated carbocycles. The van der Waals surface area contributed by atoms with Gasteiger partial charge in [-0.25, -0.2) is 4.79 Å². The topological polar surface area (TPSA) is 98.5 Å². The summed E-state index contributed by atoms with van der Waals surface area (Å²) in [4.78, 5) is 16.4. The highest BCUT2D eigenvalue weighted by molar-refractivity contribution is 14.1. The van der Waals surface area contributed by atoms with Crippen molar-refractivity contribution in [3.63, 3.8) is 0 Å². The lowest BCUT2D eigenvalue weighted by Gasteiger charge is -2.34. The van der Waals surface area contributed by atoms with Crippen LogP contribution in [-0.4, -0.2) is 46.9 Å². The van der Waals surface area contributed by atoms with E-state index < -0.39 is 17.8 Å². The van der Waals surface area contributed by atoms with E-state index in [9.17, 15) is 9.90 Å². The number of unbranched alkanes of at least 4 members (excludes halogenated alkanes) is 1. The van der Waals surface area contributed by atoms with E-state index >= 15 is 0 Å². The summed E-state index contributed by atoms with van der Waals surface area (Å²) in [5.41, 5.74) is 7.25. The zero-order valence-corrected chi connectivity index (χ0v) is 14.5. The summed E-state index contributed by atoms with van der Waals surface area (Å²) >= 11 is 2.07. The average molecular weight is 408 g/mol. The van der Waals surface area contributed by atoms with Gasteiger partial charge in [-0.1, -0.05) is 18.6 Å². The van der Waals surface area contributed by atoms with Crippen LogP contribution < -0.4 is 0 Å². The Hall–Kier alpha value is -0.990. The largest absolute Gasteiger partial charge is 0.438 e. The molecule has 3 atom stereocenters. The van der Waals surface area contributed by atoms with Crippen LogP contribution in [0.15, 0.2) is 15.3 Å². The van der Waals surface area contributed by atoms with Crippen LogP contribution in [0.4, 0.5) is 4.79 Å². The summed E-state index contributed by atoms with van der Waals surface area (Å²) in [6.45, 7) is 8.41. The van der Waals surface area contributed by atoms with Gasteiger partial charge in [-0.3, -0.25) is 4.90 Å². The SMILES string of the molecule is C=C(I)[C@H]1N(CCCCN=[N+]=[N-])C(=O)O[C@]1(C)[C@H](O)CC. The van der Waals surface area contributed by atoms with Gasteiger partial charge in [0.2, 0.25) is 0 Å². The molecule has 0 aromatic rings. The van der Waals surface area contributed by atoms with E-state index in [1.54, 1.807) is 11.8 Å². The highest BCUT2D eigenvalue weighted by Gasteiger charge is 2.54. The molecule has 1 aliphatic heterocycles. The molecule has 1 heterocycles. The van der Waals surface area contributed by atoms with E-state index in [0.717, 1.165) is 3.58 Å². The molecule has 1 rings (SSSR count). The van der Waals surface area contributed by atoms with Crippen molar-refractivity contribution < 1.29 is 14.6 Å². The number of hydrogen-bond donors (Lipinski definition) is 1. The minimum absolute atomic E-state index is 0.361. The molecule has 0 spiro atoms. The van der Waals surface area contributed by atoms with Crippen LogP contribution in [-0.2, 0) is 4.74 Å². The number of aliphatic hydroxyl groups excluding tert-OH is 1. The molecule has 0 bridgehead atoms. The van der Waals surface area contributed by atoms with Crippen molar-refractivity contribution in [1.82, 2.24) is 4.90 Å². The molecular formula is C13H21IN4O3. The monoisotopic (exact) mass is 408 g/mol. The van der Waals surface area contributed by atoms with Gasteiger partial charge >= 0.3 is 6.09 Å². The van der Waals surface area contributed by atoms with Crippen molar-refractivity contribution in [1.29, 1.82) is 0 Å². The van der Waals surface area contributed by atoms with E-state index in [1.807, 2.05) is 6.92 Å². The third-order valence-electron chi connectivity index (χ3n) is 3.71. The van der Waals surface area contributed by atoms with E-state index in [1.165, 1.54) is 0 Å². The van der Waals surface area contributed by atoms with Crippen molar-refractivity contribution in [2.24, 2.45) is 5.11 Å². The fourth-order valence-corrected chi connectivity index (χ4v) is 3.54. The van der Waals surface area contributed by atoms with Crippen LogP contribution >= 0.6 is 22.6 Å². The van der Waals surface area contributed by atoms with Crippen molar-refractivity contribution in [3.8, 4) is 0 Å². The Balaban J connectivity index is 2.80. The Kier molecular flexibility index (Phi) is 6.76. The Morgan fingerprint density at radius 1 is 1.71 bits per heavy atom. The lowest BCUT2D eigenvalue weighted by atomic mass is 9.88. The molecule has 7 nitrogen and oxygen atoms in total. The summed E-state index contributed by atoms with van der Waals surface area (Å²) < 4.78 is 6.21. The summed E-state index contributed by atoms with van der Waals surface area (Å²) in [6.07, 6.45) is 0.714. The second-order valence-corrected chi connectivity index (χ2v) is 6.57. The van der Waals surface area contributed by atoms with Crippen molar-refractivity contribution >= 4 is 28.7 Å². The van der Waals surface area contributed by atoms with E-state index in [0.29, 0.717) is 32.4 Å². The number of carbonyl (C=O) groups is 1. The summed E-state index contributed by atoms with van der Waals surface area (Å²) in [5.74, 6) is 0. The van der Waals surface area contributed by atoms with Crippen LogP contribution in [0.3, 0.4) is 0 Å². The molecule has 118 valence electrons. The van der Waals surface area contributed by atoms with Crippen LogP contribution in [0.2, 0.25) is 0 Å². The standard InChI is InChI=1S/C13H21IN4O3/c1-4-10(19)13(3)11(9(2)14)18(12(20)21-13)8-6-5-7-16-17-15/h10-11,19H,2,4-8H2,1,3H3/t10-,11-,13-/m1/s1. The van der Waals surface area contributed by atoms with Gasteiger partial charge in [0.25, 0.3) is 0 Å². The van der Waals surface area contributed by atoms with E-state index in [2.05, 4.69) is 39.2 Å². The van der Waals surface area contributed by atoms with Gasteiger partial charge in [-0.2, -0.15) is 0 Å². The quantitative estimate of drug-likeness (QED) is 0.219. The van der Waals surface area contributed by atoms with Crippen LogP contribution in [0.1, 0.15) is 33.1 Å². The first-order valence-electron chi connectivity index (χ1n) is 6.91. The molecule has 1 fully saturated rings. The normalized spacial score (nSPS) is 26.2. The molecule has 1 amide bonds. The number of rotatable bonds is 8. The minimum Gasteiger partial charge on any atom is -0.438 e. The predicted molar refractivity (Wildman–Crippen MR) is 88.1 cm³/mol. The van der Waals surface area contributed by atoms with Gasteiger partial charge in [0.05, 0.1) is 6.10 Å². The van der Waals surface area contributed by atoms with Gasteiger partial charge in [0.15, 0.2) is 5.60 Å². The number of aliphatic hydroxyl groups is 1. The highest BCUT2D eigenvalue weighted by Crippen LogP contribution is 2.39. The van der Waals surface area contributed by atoms with Crippen molar-refractivity contribution in [3.05, 3.63) is 20.6 Å². The molecular weight excluding hydrogens is 387 g/mol. The number of halogens is 1. The van der Waals surface area contributed by atoms with Gasteiger partial charge in [0.1, 0.15) is 6.04 Å². The van der Waals surface area contributed by atoms with Gasteiger partial charge in [-0.15, -0.1) is 0 Å². The molecule has 1 aliphatic rings. The molecule has 1 saturated heterocycles. The molecule has 0 radical (unpaired) electrons. The Bertz CT molecular complexity index is 453. The average Bonchev–Trinajstić information content (AvgIpc) is 2.69. The Morgan fingerprint density at radius 3 is 2.90 bits per heavy atom. The fourth-order valence-electron chi connectivity index (χ4n) is 2.58. The zero-order valence-electron chi connectivity index (χ0n) is 12.3. The lowest BCUT2D eigenvalue weighted by molar-refractivity contribution is -0.0532. The number of nitrogens with zero attached hydrogens (tertiary/aromatic N) is 4. The molecule has 1 N–H and O–H groups in total. The number of carbonyl (C=O) groups excluding carboxylic acids is 1. The number of cyclic esters (lactones) is 1. The Morgan fingerprint density at radius 2 is 2.38 bits per heavy atom. The number of hydrogen-bond acceptors (Lipinski definition) is 4. The molecule has 21 heavy (non-hydrogen) atoms. The Labute approximate surface area is 138 Å². The van der Waals surface area contributed by atoms with Gasteiger partial charge < -0.3 is 9.84 Å². The van der Waals surface area contributed by atoms with Crippen LogP contribution in [0.25, 0.3) is 10.4 Å². The molecule has 8 heteroatoms. The van der Waals surface area contributed by atoms with Crippen LogP contribution in [0, 0.1) is 0 Å². The van der Waals surface area contributed by atoms with Gasteiger partial charge in [0, 0.05) is 21.6 Å². The maximum atomic E-state index is 12.1. The summed E-state index contributed by atoms with van der Waals surface area (Å²) in [7, 11) is 0. The fraction of sp³-hybridized carbons (Fsp3) is 0.769. The minimum atomic E-state index is -0.977. The highest BCUT2D eigenvalue weighted by atomic mass is 127. The third-order valence-corrected chi connectivity index (χ3v) is 4.30. The molecule has 0 aliphatic carbocycles.